The number of hydrogen-bond acceptors (Lipinski definition) is 3. The van der Waals surface area contributed by atoms with Crippen molar-refractivity contribution in [3.8, 4) is 11.3 Å². The SMILES string of the molecule is Nc1nc2ccccc2nc1-c1cccc(Br)c1. The Kier molecular flexibility index (Phi) is 2.72. The van der Waals surface area contributed by atoms with Gasteiger partial charge in [-0.15, -0.1) is 0 Å². The lowest BCUT2D eigenvalue weighted by Crippen LogP contribution is -1.98. The molecule has 0 atom stereocenters. The standard InChI is InChI=1S/C14H10BrN3/c15-10-5-3-4-9(8-10)13-14(16)18-12-7-2-1-6-11(12)17-13/h1-8H,(H2,16,18). The number of para-hydroxylation sites is 2. The monoisotopic (exact) mass is 299 g/mol. The molecule has 0 saturated heterocycles. The van der Waals surface area contributed by atoms with Crippen molar-refractivity contribution in [1.29, 1.82) is 0 Å². The molecule has 1 heterocycles. The van der Waals surface area contributed by atoms with E-state index in [-0.39, 0.29) is 0 Å². The van der Waals surface area contributed by atoms with E-state index < -0.39 is 0 Å². The van der Waals surface area contributed by atoms with Gasteiger partial charge in [-0.3, -0.25) is 0 Å². The summed E-state index contributed by atoms with van der Waals surface area (Å²) in [5.41, 5.74) is 9.32. The zero-order chi connectivity index (χ0) is 12.5. The van der Waals surface area contributed by atoms with Crippen molar-refractivity contribution >= 4 is 32.8 Å². The highest BCUT2D eigenvalue weighted by Crippen LogP contribution is 2.26. The Morgan fingerprint density at radius 2 is 1.61 bits per heavy atom. The maximum Gasteiger partial charge on any atom is 0.150 e. The lowest BCUT2D eigenvalue weighted by Gasteiger charge is -2.06. The fraction of sp³-hybridized carbons (Fsp3) is 0. The Bertz CT molecular complexity index is 725. The molecule has 18 heavy (non-hydrogen) atoms. The van der Waals surface area contributed by atoms with Crippen LogP contribution in [0.25, 0.3) is 22.3 Å². The first-order valence-electron chi connectivity index (χ1n) is 5.52. The van der Waals surface area contributed by atoms with Crippen LogP contribution >= 0.6 is 15.9 Å². The molecule has 0 radical (unpaired) electrons. The van der Waals surface area contributed by atoms with Gasteiger partial charge in [0.1, 0.15) is 5.69 Å². The van der Waals surface area contributed by atoms with E-state index in [1.165, 1.54) is 0 Å². The maximum atomic E-state index is 5.98. The fourth-order valence-corrected chi connectivity index (χ4v) is 2.26. The van der Waals surface area contributed by atoms with E-state index in [0.29, 0.717) is 5.82 Å². The van der Waals surface area contributed by atoms with Crippen LogP contribution in [0.2, 0.25) is 0 Å². The molecule has 3 nitrogen and oxygen atoms in total. The molecule has 2 aromatic carbocycles. The molecule has 0 saturated carbocycles. The summed E-state index contributed by atoms with van der Waals surface area (Å²) in [6.07, 6.45) is 0. The van der Waals surface area contributed by atoms with Gasteiger partial charge in [0.2, 0.25) is 0 Å². The summed E-state index contributed by atoms with van der Waals surface area (Å²) in [7, 11) is 0. The number of benzene rings is 2. The molecule has 0 amide bonds. The molecule has 3 rings (SSSR count). The van der Waals surface area contributed by atoms with Crippen LogP contribution in [0.15, 0.2) is 53.0 Å². The second-order valence-electron chi connectivity index (χ2n) is 3.96. The summed E-state index contributed by atoms with van der Waals surface area (Å²) >= 11 is 3.44. The minimum atomic E-state index is 0.451. The van der Waals surface area contributed by atoms with Crippen molar-refractivity contribution in [1.82, 2.24) is 9.97 Å². The third-order valence-electron chi connectivity index (χ3n) is 2.70. The number of hydrogen-bond donors (Lipinski definition) is 1. The number of fused-ring (bicyclic) bond motifs is 1. The van der Waals surface area contributed by atoms with Crippen LogP contribution in [-0.2, 0) is 0 Å². The number of rotatable bonds is 1. The van der Waals surface area contributed by atoms with E-state index in [1.807, 2.05) is 48.5 Å². The van der Waals surface area contributed by atoms with E-state index in [1.54, 1.807) is 0 Å². The third-order valence-corrected chi connectivity index (χ3v) is 3.19. The quantitative estimate of drug-likeness (QED) is 0.746. The molecule has 0 bridgehead atoms. The molecule has 0 aliphatic heterocycles. The Hall–Kier alpha value is -1.94. The summed E-state index contributed by atoms with van der Waals surface area (Å²) in [6.45, 7) is 0. The number of aromatic nitrogens is 2. The maximum absolute atomic E-state index is 5.98. The second-order valence-corrected chi connectivity index (χ2v) is 4.87. The molecule has 0 fully saturated rings. The highest BCUT2D eigenvalue weighted by atomic mass is 79.9. The predicted molar refractivity (Wildman–Crippen MR) is 77.1 cm³/mol. The molecule has 88 valence electrons. The van der Waals surface area contributed by atoms with Crippen molar-refractivity contribution < 1.29 is 0 Å². The van der Waals surface area contributed by atoms with Crippen molar-refractivity contribution in [3.63, 3.8) is 0 Å². The summed E-state index contributed by atoms with van der Waals surface area (Å²) in [5.74, 6) is 0.451. The molecule has 3 aromatic rings. The highest BCUT2D eigenvalue weighted by Gasteiger charge is 2.08. The number of anilines is 1. The molecule has 0 aliphatic carbocycles. The van der Waals surface area contributed by atoms with Gasteiger partial charge in [0, 0.05) is 10.0 Å². The molecule has 0 aliphatic rings. The predicted octanol–water partition coefficient (Wildman–Crippen LogP) is 3.64. The van der Waals surface area contributed by atoms with Gasteiger partial charge in [-0.25, -0.2) is 9.97 Å². The first-order chi connectivity index (χ1) is 8.74. The first-order valence-corrected chi connectivity index (χ1v) is 6.31. The van der Waals surface area contributed by atoms with Crippen LogP contribution in [0, 0.1) is 0 Å². The van der Waals surface area contributed by atoms with E-state index in [0.717, 1.165) is 26.8 Å². The van der Waals surface area contributed by atoms with Gasteiger partial charge in [-0.1, -0.05) is 40.2 Å². The zero-order valence-electron chi connectivity index (χ0n) is 9.47. The van der Waals surface area contributed by atoms with Gasteiger partial charge in [0.15, 0.2) is 5.82 Å². The minimum absolute atomic E-state index is 0.451. The third kappa shape index (κ3) is 1.95. The van der Waals surface area contributed by atoms with Gasteiger partial charge < -0.3 is 5.73 Å². The van der Waals surface area contributed by atoms with Crippen LogP contribution in [0.1, 0.15) is 0 Å². The normalized spacial score (nSPS) is 10.7. The summed E-state index contributed by atoms with van der Waals surface area (Å²) < 4.78 is 0.995. The molecular formula is C14H10BrN3. The smallest absolute Gasteiger partial charge is 0.150 e. The number of nitrogens with zero attached hydrogens (tertiary/aromatic N) is 2. The minimum Gasteiger partial charge on any atom is -0.382 e. The van der Waals surface area contributed by atoms with E-state index >= 15 is 0 Å². The Morgan fingerprint density at radius 3 is 2.33 bits per heavy atom. The summed E-state index contributed by atoms with van der Waals surface area (Å²) in [4.78, 5) is 8.96. The lowest BCUT2D eigenvalue weighted by atomic mass is 10.1. The van der Waals surface area contributed by atoms with E-state index in [2.05, 4.69) is 25.9 Å². The van der Waals surface area contributed by atoms with Gasteiger partial charge in [0.25, 0.3) is 0 Å². The van der Waals surface area contributed by atoms with Crippen LogP contribution in [0.4, 0.5) is 5.82 Å². The Morgan fingerprint density at radius 1 is 0.889 bits per heavy atom. The molecule has 2 N–H and O–H groups in total. The van der Waals surface area contributed by atoms with E-state index in [9.17, 15) is 0 Å². The molecular weight excluding hydrogens is 290 g/mol. The Labute approximate surface area is 113 Å². The van der Waals surface area contributed by atoms with Gasteiger partial charge in [-0.05, 0) is 24.3 Å². The average molecular weight is 300 g/mol. The molecule has 1 aromatic heterocycles. The van der Waals surface area contributed by atoms with E-state index in [4.69, 9.17) is 5.73 Å². The molecule has 0 spiro atoms. The van der Waals surface area contributed by atoms with Crippen LogP contribution in [-0.4, -0.2) is 9.97 Å². The largest absolute Gasteiger partial charge is 0.382 e. The second kappa shape index (κ2) is 4.38. The summed E-state index contributed by atoms with van der Waals surface area (Å²) in [6, 6.07) is 15.6. The number of halogens is 1. The topological polar surface area (TPSA) is 51.8 Å². The lowest BCUT2D eigenvalue weighted by molar-refractivity contribution is 1.30. The summed E-state index contributed by atoms with van der Waals surface area (Å²) in [5, 5.41) is 0. The first kappa shape index (κ1) is 11.2. The molecule has 0 unspecified atom stereocenters. The average Bonchev–Trinajstić information content (AvgIpc) is 2.38. The molecule has 4 heteroatoms. The zero-order valence-corrected chi connectivity index (χ0v) is 11.1. The van der Waals surface area contributed by atoms with Gasteiger partial charge >= 0.3 is 0 Å². The Balaban J connectivity index is 2.26. The van der Waals surface area contributed by atoms with Crippen LogP contribution < -0.4 is 5.73 Å². The van der Waals surface area contributed by atoms with Gasteiger partial charge in [-0.2, -0.15) is 0 Å². The van der Waals surface area contributed by atoms with Crippen molar-refractivity contribution in [2.24, 2.45) is 0 Å². The fourth-order valence-electron chi connectivity index (χ4n) is 1.86. The van der Waals surface area contributed by atoms with Crippen molar-refractivity contribution in [2.75, 3.05) is 5.73 Å². The highest BCUT2D eigenvalue weighted by molar-refractivity contribution is 9.10. The number of nitrogen functional groups attached to an aromatic ring is 1. The van der Waals surface area contributed by atoms with Crippen LogP contribution in [0.3, 0.4) is 0 Å². The van der Waals surface area contributed by atoms with Gasteiger partial charge in [0.05, 0.1) is 11.0 Å². The van der Waals surface area contributed by atoms with Crippen molar-refractivity contribution in [3.05, 3.63) is 53.0 Å². The van der Waals surface area contributed by atoms with Crippen molar-refractivity contribution in [2.45, 2.75) is 0 Å². The van der Waals surface area contributed by atoms with Crippen LogP contribution in [0.5, 0.6) is 0 Å². The number of nitrogens with two attached hydrogens (primary N) is 1.